The van der Waals surface area contributed by atoms with E-state index >= 15 is 0 Å². The Morgan fingerprint density at radius 1 is 1.42 bits per heavy atom. The minimum atomic E-state index is -0.728. The van der Waals surface area contributed by atoms with Gasteiger partial charge in [0, 0.05) is 25.6 Å². The molecule has 3 atom stereocenters. The number of rotatable bonds is 4. The van der Waals surface area contributed by atoms with E-state index in [1.165, 1.54) is 16.7 Å². The SMILES string of the molecule is Cc1ccc(C(C)NCC2(O)CCOC2C)cc1C. The molecule has 1 aromatic rings. The Bertz CT molecular complexity index is 446. The summed E-state index contributed by atoms with van der Waals surface area (Å²) in [5.74, 6) is 0. The third kappa shape index (κ3) is 3.16. The van der Waals surface area contributed by atoms with Gasteiger partial charge < -0.3 is 15.2 Å². The highest BCUT2D eigenvalue weighted by atomic mass is 16.5. The lowest BCUT2D eigenvalue weighted by Gasteiger charge is -2.28. The molecule has 1 heterocycles. The van der Waals surface area contributed by atoms with Crippen LogP contribution in [0.25, 0.3) is 0 Å². The van der Waals surface area contributed by atoms with Crippen LogP contribution >= 0.6 is 0 Å². The molecule has 19 heavy (non-hydrogen) atoms. The molecule has 0 saturated carbocycles. The van der Waals surface area contributed by atoms with Gasteiger partial charge in [-0.2, -0.15) is 0 Å². The maximum absolute atomic E-state index is 10.5. The molecule has 0 spiro atoms. The Labute approximate surface area is 116 Å². The van der Waals surface area contributed by atoms with E-state index in [2.05, 4.69) is 44.3 Å². The van der Waals surface area contributed by atoms with Crippen LogP contribution in [0.2, 0.25) is 0 Å². The Hall–Kier alpha value is -0.900. The van der Waals surface area contributed by atoms with Crippen molar-refractivity contribution in [2.24, 2.45) is 0 Å². The number of hydrogen-bond acceptors (Lipinski definition) is 3. The molecule has 0 radical (unpaired) electrons. The van der Waals surface area contributed by atoms with Gasteiger partial charge in [-0.3, -0.25) is 0 Å². The van der Waals surface area contributed by atoms with Gasteiger partial charge in [0.05, 0.1) is 6.10 Å². The third-order valence-corrected chi connectivity index (χ3v) is 4.40. The smallest absolute Gasteiger partial charge is 0.105 e. The molecule has 1 aliphatic rings. The van der Waals surface area contributed by atoms with Crippen molar-refractivity contribution in [1.29, 1.82) is 0 Å². The highest BCUT2D eigenvalue weighted by Gasteiger charge is 2.39. The van der Waals surface area contributed by atoms with Gasteiger partial charge >= 0.3 is 0 Å². The van der Waals surface area contributed by atoms with E-state index in [0.29, 0.717) is 19.6 Å². The van der Waals surface area contributed by atoms with Crippen LogP contribution in [0.1, 0.15) is 43.0 Å². The number of ether oxygens (including phenoxy) is 1. The van der Waals surface area contributed by atoms with Crippen LogP contribution in [0, 0.1) is 13.8 Å². The molecule has 1 fully saturated rings. The maximum Gasteiger partial charge on any atom is 0.105 e. The lowest BCUT2D eigenvalue weighted by Crippen LogP contribution is -2.46. The van der Waals surface area contributed by atoms with Gasteiger partial charge in [0.2, 0.25) is 0 Å². The number of aliphatic hydroxyl groups is 1. The molecule has 1 aliphatic heterocycles. The molecular weight excluding hydrogens is 238 g/mol. The van der Waals surface area contributed by atoms with E-state index in [1.807, 2.05) is 6.92 Å². The summed E-state index contributed by atoms with van der Waals surface area (Å²) in [4.78, 5) is 0. The van der Waals surface area contributed by atoms with Crippen molar-refractivity contribution < 1.29 is 9.84 Å². The van der Waals surface area contributed by atoms with Crippen molar-refractivity contribution in [2.45, 2.75) is 51.9 Å². The topological polar surface area (TPSA) is 41.5 Å². The molecule has 0 aliphatic carbocycles. The molecule has 2 rings (SSSR count). The summed E-state index contributed by atoms with van der Waals surface area (Å²) >= 11 is 0. The number of hydrogen-bond donors (Lipinski definition) is 2. The molecule has 0 bridgehead atoms. The standard InChI is InChI=1S/C16H25NO2/c1-11-5-6-15(9-12(11)2)13(3)17-10-16(18)7-8-19-14(16)4/h5-6,9,13-14,17-18H,7-8,10H2,1-4H3. The van der Waals surface area contributed by atoms with Gasteiger partial charge in [0.15, 0.2) is 0 Å². The minimum absolute atomic E-state index is 0.0908. The molecule has 3 heteroatoms. The predicted molar refractivity (Wildman–Crippen MR) is 77.3 cm³/mol. The van der Waals surface area contributed by atoms with Crippen LogP contribution < -0.4 is 5.32 Å². The summed E-state index contributed by atoms with van der Waals surface area (Å²) in [6, 6.07) is 6.75. The first-order chi connectivity index (χ1) is 8.92. The van der Waals surface area contributed by atoms with E-state index in [1.54, 1.807) is 0 Å². The van der Waals surface area contributed by atoms with Crippen molar-refractivity contribution in [2.75, 3.05) is 13.2 Å². The summed E-state index contributed by atoms with van der Waals surface area (Å²) < 4.78 is 5.45. The summed E-state index contributed by atoms with van der Waals surface area (Å²) in [7, 11) is 0. The molecular formula is C16H25NO2. The summed E-state index contributed by atoms with van der Waals surface area (Å²) in [6.45, 7) is 9.55. The average molecular weight is 263 g/mol. The van der Waals surface area contributed by atoms with Crippen LogP contribution in [0.15, 0.2) is 18.2 Å². The molecule has 3 unspecified atom stereocenters. The van der Waals surface area contributed by atoms with Crippen LogP contribution in [0.5, 0.6) is 0 Å². The maximum atomic E-state index is 10.5. The van der Waals surface area contributed by atoms with Crippen LogP contribution in [0.4, 0.5) is 0 Å². The third-order valence-electron chi connectivity index (χ3n) is 4.40. The quantitative estimate of drug-likeness (QED) is 0.877. The molecule has 0 amide bonds. The second-order valence-electron chi connectivity index (χ2n) is 5.81. The first-order valence-electron chi connectivity index (χ1n) is 7.07. The zero-order valence-corrected chi connectivity index (χ0v) is 12.4. The average Bonchev–Trinajstić information content (AvgIpc) is 2.71. The van der Waals surface area contributed by atoms with E-state index in [0.717, 1.165) is 0 Å². The van der Waals surface area contributed by atoms with Crippen molar-refractivity contribution in [3.63, 3.8) is 0 Å². The lowest BCUT2D eigenvalue weighted by atomic mass is 9.95. The largest absolute Gasteiger partial charge is 0.386 e. The first-order valence-corrected chi connectivity index (χ1v) is 7.07. The molecule has 106 valence electrons. The van der Waals surface area contributed by atoms with E-state index < -0.39 is 5.60 Å². The zero-order chi connectivity index (χ0) is 14.0. The predicted octanol–water partition coefficient (Wildman–Crippen LogP) is 2.49. The fourth-order valence-corrected chi connectivity index (χ4v) is 2.48. The fourth-order valence-electron chi connectivity index (χ4n) is 2.48. The Balaban J connectivity index is 1.97. The van der Waals surface area contributed by atoms with E-state index in [9.17, 15) is 5.11 Å². The minimum Gasteiger partial charge on any atom is -0.386 e. The second-order valence-corrected chi connectivity index (χ2v) is 5.81. The lowest BCUT2D eigenvalue weighted by molar-refractivity contribution is -0.0274. The highest BCUT2D eigenvalue weighted by molar-refractivity contribution is 5.31. The second kappa shape index (κ2) is 5.61. The Kier molecular flexibility index (Phi) is 4.29. The van der Waals surface area contributed by atoms with Crippen molar-refractivity contribution in [1.82, 2.24) is 5.32 Å². The monoisotopic (exact) mass is 263 g/mol. The summed E-state index contributed by atoms with van der Waals surface area (Å²) in [6.07, 6.45) is 0.618. The molecule has 3 nitrogen and oxygen atoms in total. The van der Waals surface area contributed by atoms with Crippen molar-refractivity contribution in [3.8, 4) is 0 Å². The summed E-state index contributed by atoms with van der Waals surface area (Å²) in [5, 5.41) is 13.9. The highest BCUT2D eigenvalue weighted by Crippen LogP contribution is 2.26. The first kappa shape index (κ1) is 14.5. The number of aryl methyl sites for hydroxylation is 2. The van der Waals surface area contributed by atoms with E-state index in [4.69, 9.17) is 4.74 Å². The van der Waals surface area contributed by atoms with Gasteiger partial charge in [-0.05, 0) is 44.4 Å². The van der Waals surface area contributed by atoms with Crippen LogP contribution in [-0.2, 0) is 4.74 Å². The van der Waals surface area contributed by atoms with Crippen molar-refractivity contribution in [3.05, 3.63) is 34.9 Å². The van der Waals surface area contributed by atoms with Crippen LogP contribution in [0.3, 0.4) is 0 Å². The molecule has 0 aromatic heterocycles. The van der Waals surface area contributed by atoms with E-state index in [-0.39, 0.29) is 12.1 Å². The zero-order valence-electron chi connectivity index (χ0n) is 12.4. The summed E-state index contributed by atoms with van der Waals surface area (Å²) in [5.41, 5.74) is 3.15. The Morgan fingerprint density at radius 2 is 2.16 bits per heavy atom. The molecule has 1 aromatic carbocycles. The molecule has 2 N–H and O–H groups in total. The van der Waals surface area contributed by atoms with Gasteiger partial charge in [-0.1, -0.05) is 18.2 Å². The molecule has 1 saturated heterocycles. The van der Waals surface area contributed by atoms with Gasteiger partial charge in [-0.25, -0.2) is 0 Å². The normalized spacial score (nSPS) is 28.6. The fraction of sp³-hybridized carbons (Fsp3) is 0.625. The number of benzene rings is 1. The number of nitrogens with one attached hydrogen (secondary N) is 1. The van der Waals surface area contributed by atoms with Crippen molar-refractivity contribution >= 4 is 0 Å². The van der Waals surface area contributed by atoms with Gasteiger partial charge in [0.25, 0.3) is 0 Å². The van der Waals surface area contributed by atoms with Gasteiger partial charge in [-0.15, -0.1) is 0 Å². The van der Waals surface area contributed by atoms with Crippen LogP contribution in [-0.4, -0.2) is 30.0 Å². The van der Waals surface area contributed by atoms with Gasteiger partial charge in [0.1, 0.15) is 5.60 Å². The Morgan fingerprint density at radius 3 is 2.74 bits per heavy atom.